The van der Waals surface area contributed by atoms with E-state index in [1.807, 2.05) is 26.2 Å². The number of aryl methyl sites for hydroxylation is 1. The fraction of sp³-hybridized carbons (Fsp3) is 0.621. The molecule has 1 aliphatic carbocycles. The summed E-state index contributed by atoms with van der Waals surface area (Å²) < 4.78 is 25.5. The van der Waals surface area contributed by atoms with Crippen LogP contribution in [0.5, 0.6) is 0 Å². The van der Waals surface area contributed by atoms with Crippen LogP contribution in [0.25, 0.3) is 0 Å². The summed E-state index contributed by atoms with van der Waals surface area (Å²) in [5, 5.41) is 7.57. The first kappa shape index (κ1) is 28.7. The van der Waals surface area contributed by atoms with E-state index in [-0.39, 0.29) is 30.0 Å². The van der Waals surface area contributed by atoms with E-state index in [4.69, 9.17) is 0 Å². The minimum Gasteiger partial charge on any atom is -0.352 e. The Bertz CT molecular complexity index is 1230. The molecule has 0 radical (unpaired) electrons. The van der Waals surface area contributed by atoms with Gasteiger partial charge >= 0.3 is 0 Å². The summed E-state index contributed by atoms with van der Waals surface area (Å²) in [7, 11) is 0.710. The third kappa shape index (κ3) is 6.74. The van der Waals surface area contributed by atoms with E-state index in [1.165, 1.54) is 6.26 Å². The largest absolute Gasteiger partial charge is 0.352 e. The molecule has 3 N–H and O–H groups in total. The summed E-state index contributed by atoms with van der Waals surface area (Å²) in [5.41, 5.74) is 9.90. The van der Waals surface area contributed by atoms with Crippen molar-refractivity contribution in [3.63, 3.8) is 0 Å². The Morgan fingerprint density at radius 1 is 1.18 bits per heavy atom. The predicted molar refractivity (Wildman–Crippen MR) is 156 cm³/mol. The Kier molecular flexibility index (Phi) is 9.10. The number of hydrogen-bond acceptors (Lipinski definition) is 8. The molecule has 39 heavy (non-hydrogen) atoms. The van der Waals surface area contributed by atoms with E-state index in [0.29, 0.717) is 10.9 Å². The third-order valence-electron chi connectivity index (χ3n) is 8.61. The molecular weight excluding hydrogens is 530 g/mol. The Labute approximate surface area is 237 Å². The summed E-state index contributed by atoms with van der Waals surface area (Å²) in [6.07, 6.45) is 8.00. The molecule has 1 saturated carbocycles. The van der Waals surface area contributed by atoms with Gasteiger partial charge in [0.15, 0.2) is 9.84 Å². The van der Waals surface area contributed by atoms with Gasteiger partial charge in [0.2, 0.25) is 5.91 Å². The first-order chi connectivity index (χ1) is 18.7. The summed E-state index contributed by atoms with van der Waals surface area (Å²) >= 11 is 1.64. The molecular formula is C29H43N5O3S2. The van der Waals surface area contributed by atoms with E-state index in [1.54, 1.807) is 11.3 Å². The average molecular weight is 574 g/mol. The zero-order chi connectivity index (χ0) is 27.6. The molecule has 214 valence electrons. The highest BCUT2D eigenvalue weighted by molar-refractivity contribution is 7.90. The van der Waals surface area contributed by atoms with Crippen LogP contribution in [0, 0.1) is 5.92 Å². The number of nitrogens with one attached hydrogen (secondary N) is 3. The van der Waals surface area contributed by atoms with E-state index in [2.05, 4.69) is 48.9 Å². The average Bonchev–Trinajstić information content (AvgIpc) is 3.66. The fourth-order valence-electron chi connectivity index (χ4n) is 6.66. The van der Waals surface area contributed by atoms with Crippen LogP contribution in [-0.2, 0) is 21.1 Å². The van der Waals surface area contributed by atoms with E-state index in [9.17, 15) is 13.2 Å². The zero-order valence-corrected chi connectivity index (χ0v) is 25.0. The number of benzene rings is 1. The molecule has 8 nitrogen and oxygen atoms in total. The molecule has 5 atom stereocenters. The van der Waals surface area contributed by atoms with Crippen molar-refractivity contribution in [1.82, 2.24) is 26.0 Å². The minimum atomic E-state index is -3.35. The summed E-state index contributed by atoms with van der Waals surface area (Å²) in [6.45, 7) is 2.85. The van der Waals surface area contributed by atoms with Crippen molar-refractivity contribution >= 4 is 27.1 Å². The maximum Gasteiger partial charge on any atom is 0.242 e. The van der Waals surface area contributed by atoms with Crippen molar-refractivity contribution in [2.45, 2.75) is 74.0 Å². The molecule has 5 rings (SSSR count). The van der Waals surface area contributed by atoms with Gasteiger partial charge in [-0.1, -0.05) is 12.1 Å². The number of fused-ring (bicyclic) bond motifs is 1. The zero-order valence-electron chi connectivity index (χ0n) is 23.4. The predicted octanol–water partition coefficient (Wildman–Crippen LogP) is 3.29. The minimum absolute atomic E-state index is 0.00252. The lowest BCUT2D eigenvalue weighted by Gasteiger charge is -2.35. The molecule has 1 amide bonds. The second kappa shape index (κ2) is 12.4. The van der Waals surface area contributed by atoms with E-state index < -0.39 is 9.84 Å². The summed E-state index contributed by atoms with van der Waals surface area (Å²) in [4.78, 5) is 18.5. The highest BCUT2D eigenvalue weighted by atomic mass is 32.2. The number of carbonyl (C=O) groups excluding carboxylic acids is 1. The Morgan fingerprint density at radius 3 is 2.67 bits per heavy atom. The van der Waals surface area contributed by atoms with Crippen molar-refractivity contribution in [2.24, 2.45) is 5.92 Å². The van der Waals surface area contributed by atoms with Crippen LogP contribution >= 0.6 is 11.3 Å². The summed E-state index contributed by atoms with van der Waals surface area (Å²) in [5.74, 6) is 0.373. The second-order valence-corrected chi connectivity index (χ2v) is 14.6. The summed E-state index contributed by atoms with van der Waals surface area (Å²) in [6, 6.07) is 8.23. The Hall–Kier alpha value is -1.82. The number of sulfone groups is 1. The van der Waals surface area contributed by atoms with Crippen LogP contribution in [0.15, 0.2) is 39.9 Å². The smallest absolute Gasteiger partial charge is 0.242 e. The van der Waals surface area contributed by atoms with Gasteiger partial charge in [0.25, 0.3) is 0 Å². The molecule has 3 heterocycles. The molecule has 3 fully saturated rings. The van der Waals surface area contributed by atoms with Gasteiger partial charge in [-0.05, 0) is 124 Å². The van der Waals surface area contributed by atoms with Gasteiger partial charge < -0.3 is 10.2 Å². The van der Waals surface area contributed by atoms with Gasteiger partial charge in [-0.15, -0.1) is 0 Å². The van der Waals surface area contributed by atoms with E-state index in [0.717, 1.165) is 81.3 Å². The maximum absolute atomic E-state index is 13.6. The lowest BCUT2D eigenvalue weighted by Crippen LogP contribution is -2.47. The number of likely N-dealkylation sites (tertiary alicyclic amines) is 1. The highest BCUT2D eigenvalue weighted by Gasteiger charge is 2.42. The third-order valence-corrected chi connectivity index (χ3v) is 10.5. The maximum atomic E-state index is 13.6. The molecule has 10 heteroatoms. The monoisotopic (exact) mass is 573 g/mol. The lowest BCUT2D eigenvalue weighted by atomic mass is 9.77. The topological polar surface area (TPSA) is 93.8 Å². The Morgan fingerprint density at radius 2 is 1.97 bits per heavy atom. The lowest BCUT2D eigenvalue weighted by molar-refractivity contribution is -0.127. The fourth-order valence-corrected chi connectivity index (χ4v) is 8.33. The van der Waals surface area contributed by atoms with Crippen molar-refractivity contribution in [2.75, 3.05) is 40.0 Å². The Balaban J connectivity index is 1.30. The molecule has 2 saturated heterocycles. The van der Waals surface area contributed by atoms with Crippen LogP contribution in [0.4, 0.5) is 0 Å². The van der Waals surface area contributed by atoms with Crippen molar-refractivity contribution < 1.29 is 13.2 Å². The molecule has 1 aromatic heterocycles. The van der Waals surface area contributed by atoms with Crippen molar-refractivity contribution in [1.29, 1.82) is 0 Å². The number of rotatable bonds is 10. The van der Waals surface area contributed by atoms with Gasteiger partial charge in [0.05, 0.1) is 10.9 Å². The standard InChI is InChI=1S/C29H43N5O3S2/c1-33(2)13-6-7-20-8-9-21(17-26(20)39(3,36)37)27-24-18-23(10-11-25(24)31-32-27)30-29(35)28(22-12-16-38-19-22)34-14-4-5-15-34/h8-9,12,16-17,19,23-25,27-28,31-32H,4-7,10-11,13-15,18H2,1-3H3,(H,30,35). The molecule has 0 spiro atoms. The van der Waals surface area contributed by atoms with Crippen molar-refractivity contribution in [3.8, 4) is 0 Å². The first-order valence-corrected chi connectivity index (χ1v) is 17.1. The SMILES string of the molecule is CN(C)CCCc1ccc(C2NNC3CCC(NC(=O)C(c4ccsc4)N4CCCC4)CC32)cc1S(C)(=O)=O. The molecule has 5 unspecified atom stereocenters. The van der Waals surface area contributed by atoms with Gasteiger partial charge in [-0.2, -0.15) is 11.3 Å². The van der Waals surface area contributed by atoms with Gasteiger partial charge in [0, 0.05) is 18.3 Å². The number of carbonyl (C=O) groups is 1. The number of thiophene rings is 1. The van der Waals surface area contributed by atoms with E-state index >= 15 is 0 Å². The van der Waals surface area contributed by atoms with Crippen molar-refractivity contribution in [3.05, 3.63) is 51.7 Å². The van der Waals surface area contributed by atoms with Crippen LogP contribution in [0.3, 0.4) is 0 Å². The molecule has 1 aromatic carbocycles. The van der Waals surface area contributed by atoms with Gasteiger partial charge in [-0.25, -0.2) is 13.8 Å². The quantitative estimate of drug-likeness (QED) is 0.402. The highest BCUT2D eigenvalue weighted by Crippen LogP contribution is 2.39. The van der Waals surface area contributed by atoms with Crippen LogP contribution < -0.4 is 16.2 Å². The number of amides is 1. The number of hydrazine groups is 1. The molecule has 2 aliphatic heterocycles. The second-order valence-electron chi connectivity index (χ2n) is 11.8. The number of nitrogens with zero attached hydrogens (tertiary/aromatic N) is 2. The first-order valence-electron chi connectivity index (χ1n) is 14.3. The van der Waals surface area contributed by atoms with Crippen LogP contribution in [-0.4, -0.2) is 76.2 Å². The normalized spacial score (nSPS) is 26.6. The van der Waals surface area contributed by atoms with Gasteiger partial charge in [-0.3, -0.25) is 15.1 Å². The molecule has 3 aliphatic rings. The molecule has 0 bridgehead atoms. The van der Waals surface area contributed by atoms with Crippen LogP contribution in [0.2, 0.25) is 0 Å². The van der Waals surface area contributed by atoms with Crippen LogP contribution in [0.1, 0.15) is 67.3 Å². The number of hydrogen-bond donors (Lipinski definition) is 3. The molecule has 2 aromatic rings. The van der Waals surface area contributed by atoms with Gasteiger partial charge in [0.1, 0.15) is 6.04 Å².